The lowest BCUT2D eigenvalue weighted by atomic mass is 10.1. The highest BCUT2D eigenvalue weighted by Crippen LogP contribution is 2.30. The number of piperidine rings is 1. The first-order valence-corrected chi connectivity index (χ1v) is 9.61. The summed E-state index contributed by atoms with van der Waals surface area (Å²) in [5, 5.41) is 0. The summed E-state index contributed by atoms with van der Waals surface area (Å²) in [6.45, 7) is 4.14. The van der Waals surface area contributed by atoms with Gasteiger partial charge in [0.1, 0.15) is 0 Å². The quantitative estimate of drug-likeness (QED) is 0.780. The van der Waals surface area contributed by atoms with Gasteiger partial charge in [-0.05, 0) is 38.5 Å². The predicted octanol–water partition coefficient (Wildman–Crippen LogP) is 0.258. The lowest BCUT2D eigenvalue weighted by Crippen LogP contribution is -2.44. The third kappa shape index (κ3) is 3.16. The van der Waals surface area contributed by atoms with Gasteiger partial charge in [-0.2, -0.15) is 4.98 Å². The first-order valence-electron chi connectivity index (χ1n) is 9.61. The molecule has 2 aliphatic rings. The molecule has 0 unspecified atom stereocenters. The molecule has 27 heavy (non-hydrogen) atoms. The fraction of sp³-hybridized carbons (Fsp3) is 0.632. The van der Waals surface area contributed by atoms with Crippen molar-refractivity contribution in [1.29, 1.82) is 0 Å². The Morgan fingerprint density at radius 1 is 1.22 bits per heavy atom. The van der Waals surface area contributed by atoms with Crippen LogP contribution < -0.4 is 21.9 Å². The van der Waals surface area contributed by atoms with Gasteiger partial charge >= 0.3 is 5.69 Å². The van der Waals surface area contributed by atoms with Gasteiger partial charge in [0.25, 0.3) is 5.56 Å². The lowest BCUT2D eigenvalue weighted by molar-refractivity contribution is 0.496. The monoisotopic (exact) mass is 370 g/mol. The van der Waals surface area contributed by atoms with E-state index < -0.39 is 0 Å². The topological polar surface area (TPSA) is 91.1 Å². The fourth-order valence-corrected chi connectivity index (χ4v) is 3.82. The minimum absolute atomic E-state index is 0.0830. The van der Waals surface area contributed by atoms with Crippen molar-refractivity contribution in [2.24, 2.45) is 18.7 Å². The molecule has 2 aromatic rings. The average Bonchev–Trinajstić information content (AvgIpc) is 3.39. The number of nitrogens with zero attached hydrogens (tertiary/aromatic N) is 5. The molecular weight excluding hydrogens is 344 g/mol. The third-order valence-corrected chi connectivity index (χ3v) is 5.50. The Bertz CT molecular complexity index is 1050. The maximum Gasteiger partial charge on any atom is 0.332 e. The second-order valence-electron chi connectivity index (χ2n) is 7.65. The number of aryl methyl sites for hydroxylation is 1. The van der Waals surface area contributed by atoms with Crippen molar-refractivity contribution in [2.75, 3.05) is 18.0 Å². The normalized spacial score (nSPS) is 20.0. The van der Waals surface area contributed by atoms with Gasteiger partial charge in [0.15, 0.2) is 11.2 Å². The second-order valence-corrected chi connectivity index (χ2v) is 7.65. The second kappa shape index (κ2) is 6.89. The largest absolute Gasteiger partial charge is 0.341 e. The molecule has 0 amide bonds. The van der Waals surface area contributed by atoms with Crippen LogP contribution in [0.4, 0.5) is 5.95 Å². The molecule has 0 bridgehead atoms. The molecule has 1 atom stereocenters. The molecule has 8 heteroatoms. The Morgan fingerprint density at radius 2 is 2.00 bits per heavy atom. The molecule has 2 aromatic heterocycles. The molecule has 8 nitrogen and oxygen atoms in total. The molecule has 4 rings (SSSR count). The number of rotatable bonds is 4. The smallest absolute Gasteiger partial charge is 0.332 e. The van der Waals surface area contributed by atoms with Gasteiger partial charge in [-0.15, -0.1) is 5.92 Å². The SMILES string of the molecule is CC#CCn1c(N2CCC[C@@H](N)C2)nc2c1c(=O)n(CC1CC1)c(=O)n2C. The average molecular weight is 370 g/mol. The molecule has 2 fully saturated rings. The summed E-state index contributed by atoms with van der Waals surface area (Å²) in [5.74, 6) is 7.05. The van der Waals surface area contributed by atoms with Gasteiger partial charge in [-0.3, -0.25) is 18.5 Å². The van der Waals surface area contributed by atoms with E-state index in [0.29, 0.717) is 42.7 Å². The first-order chi connectivity index (χ1) is 13.0. The van der Waals surface area contributed by atoms with E-state index in [1.807, 2.05) is 4.57 Å². The Hall–Kier alpha value is -2.53. The standard InChI is InChI=1S/C19H26N6O2/c1-3-4-10-24-15-16(21-18(24)23-9-5-6-14(20)12-23)22(2)19(27)25(17(15)26)11-13-7-8-13/h13-14H,5-12,20H2,1-2H3/t14-/m1/s1. The zero-order chi connectivity index (χ0) is 19.1. The zero-order valence-corrected chi connectivity index (χ0v) is 15.9. The van der Waals surface area contributed by atoms with Crippen LogP contribution in [0.25, 0.3) is 11.2 Å². The van der Waals surface area contributed by atoms with E-state index in [9.17, 15) is 9.59 Å². The van der Waals surface area contributed by atoms with Crippen molar-refractivity contribution in [3.8, 4) is 11.8 Å². The van der Waals surface area contributed by atoms with Gasteiger partial charge in [0.05, 0.1) is 6.54 Å². The van der Waals surface area contributed by atoms with E-state index in [0.717, 1.165) is 32.2 Å². The van der Waals surface area contributed by atoms with E-state index in [2.05, 4.69) is 16.7 Å². The summed E-state index contributed by atoms with van der Waals surface area (Å²) in [5.41, 5.74) is 6.46. The van der Waals surface area contributed by atoms with Crippen LogP contribution in [0.3, 0.4) is 0 Å². The van der Waals surface area contributed by atoms with Gasteiger partial charge in [-0.25, -0.2) is 4.79 Å². The van der Waals surface area contributed by atoms with Gasteiger partial charge in [0, 0.05) is 32.7 Å². The van der Waals surface area contributed by atoms with Crippen LogP contribution in [0.2, 0.25) is 0 Å². The van der Waals surface area contributed by atoms with E-state index in [-0.39, 0.29) is 17.3 Å². The van der Waals surface area contributed by atoms with Gasteiger partial charge in [0.2, 0.25) is 5.95 Å². The fourth-order valence-electron chi connectivity index (χ4n) is 3.82. The molecular formula is C19H26N6O2. The van der Waals surface area contributed by atoms with Crippen molar-refractivity contribution in [2.45, 2.75) is 51.7 Å². The number of hydrogen-bond acceptors (Lipinski definition) is 5. The summed E-state index contributed by atoms with van der Waals surface area (Å²) < 4.78 is 4.71. The molecule has 1 saturated carbocycles. The third-order valence-electron chi connectivity index (χ3n) is 5.50. The number of nitrogens with two attached hydrogens (primary N) is 1. The number of fused-ring (bicyclic) bond motifs is 1. The zero-order valence-electron chi connectivity index (χ0n) is 15.9. The van der Waals surface area contributed by atoms with Gasteiger partial charge in [-0.1, -0.05) is 5.92 Å². The van der Waals surface area contributed by atoms with E-state index in [1.165, 1.54) is 9.13 Å². The Kier molecular flexibility index (Phi) is 4.56. The minimum atomic E-state index is -0.299. The summed E-state index contributed by atoms with van der Waals surface area (Å²) in [6.07, 6.45) is 4.11. The number of hydrogen-bond donors (Lipinski definition) is 1. The maximum atomic E-state index is 13.2. The predicted molar refractivity (Wildman–Crippen MR) is 105 cm³/mol. The minimum Gasteiger partial charge on any atom is -0.341 e. The Balaban J connectivity index is 1.93. The van der Waals surface area contributed by atoms with Crippen LogP contribution in [0.1, 0.15) is 32.6 Å². The van der Waals surface area contributed by atoms with Crippen molar-refractivity contribution >= 4 is 17.1 Å². The van der Waals surface area contributed by atoms with E-state index in [1.54, 1.807) is 14.0 Å². The van der Waals surface area contributed by atoms with Crippen molar-refractivity contribution < 1.29 is 0 Å². The molecule has 2 N–H and O–H groups in total. The van der Waals surface area contributed by atoms with Gasteiger partial charge < -0.3 is 10.6 Å². The van der Waals surface area contributed by atoms with E-state index in [4.69, 9.17) is 10.7 Å². The van der Waals surface area contributed by atoms with Crippen molar-refractivity contribution in [3.63, 3.8) is 0 Å². The van der Waals surface area contributed by atoms with Crippen molar-refractivity contribution in [3.05, 3.63) is 20.8 Å². The molecule has 1 aliphatic carbocycles. The summed E-state index contributed by atoms with van der Waals surface area (Å²) >= 11 is 0. The van der Waals surface area contributed by atoms with Crippen LogP contribution in [0.15, 0.2) is 9.59 Å². The molecule has 0 spiro atoms. The summed E-state index contributed by atoms with van der Waals surface area (Å²) in [4.78, 5) is 32.8. The number of imidazole rings is 1. The maximum absolute atomic E-state index is 13.2. The first kappa shape index (κ1) is 17.9. The molecule has 1 saturated heterocycles. The van der Waals surface area contributed by atoms with Crippen LogP contribution in [0.5, 0.6) is 0 Å². The highest BCUT2D eigenvalue weighted by atomic mass is 16.2. The lowest BCUT2D eigenvalue weighted by Gasteiger charge is -2.31. The summed E-state index contributed by atoms with van der Waals surface area (Å²) in [6, 6.07) is 0.0830. The molecule has 0 radical (unpaired) electrons. The molecule has 144 valence electrons. The van der Waals surface area contributed by atoms with Crippen LogP contribution in [-0.2, 0) is 20.1 Å². The molecule has 3 heterocycles. The molecule has 1 aliphatic heterocycles. The van der Waals surface area contributed by atoms with Crippen molar-refractivity contribution in [1.82, 2.24) is 18.7 Å². The van der Waals surface area contributed by atoms with Crippen LogP contribution in [0, 0.1) is 17.8 Å². The molecule has 0 aromatic carbocycles. The van der Waals surface area contributed by atoms with Crippen LogP contribution in [-0.4, -0.2) is 37.8 Å². The summed E-state index contributed by atoms with van der Waals surface area (Å²) in [7, 11) is 1.68. The number of aromatic nitrogens is 4. The Labute approximate surface area is 157 Å². The highest BCUT2D eigenvalue weighted by molar-refractivity contribution is 5.74. The van der Waals surface area contributed by atoms with Crippen LogP contribution >= 0.6 is 0 Å². The van der Waals surface area contributed by atoms with E-state index >= 15 is 0 Å². The Morgan fingerprint density at radius 3 is 2.67 bits per heavy atom. The number of anilines is 1. The highest BCUT2D eigenvalue weighted by Gasteiger charge is 2.28.